The molecule has 1 saturated heterocycles. The largest absolute Gasteiger partial charge is 0.507 e. The van der Waals surface area contributed by atoms with Gasteiger partial charge in [0.25, 0.3) is 11.7 Å². The second-order valence-corrected chi connectivity index (χ2v) is 16.8. The summed E-state index contributed by atoms with van der Waals surface area (Å²) in [5.41, 5.74) is -1.73. The highest BCUT2D eigenvalue weighted by Crippen LogP contribution is 2.48. The van der Waals surface area contributed by atoms with Gasteiger partial charge in [-0.3, -0.25) is 33.9 Å². The molecule has 4 aliphatic heterocycles. The Bertz CT molecular complexity index is 2100. The third-order valence-electron chi connectivity index (χ3n) is 12.5. The quantitative estimate of drug-likeness (QED) is 0.250. The van der Waals surface area contributed by atoms with Crippen LogP contribution in [-0.4, -0.2) is 146 Å². The lowest BCUT2D eigenvalue weighted by Gasteiger charge is -2.38. The van der Waals surface area contributed by atoms with Crippen LogP contribution in [0.1, 0.15) is 85.1 Å². The average Bonchev–Trinajstić information content (AvgIpc) is 3.52. The van der Waals surface area contributed by atoms with Gasteiger partial charge in [0, 0.05) is 103 Å². The zero-order chi connectivity index (χ0) is 46.5. The molecule has 9 atom stereocenters. The first-order valence-corrected chi connectivity index (χ1v) is 21.2. The van der Waals surface area contributed by atoms with Crippen LogP contribution in [0.5, 0.6) is 11.5 Å². The summed E-state index contributed by atoms with van der Waals surface area (Å²) < 4.78 is 34.8. The smallest absolute Gasteiger partial charge is 0.312 e. The van der Waals surface area contributed by atoms with Crippen molar-refractivity contribution in [3.8, 4) is 11.5 Å². The maximum absolute atomic E-state index is 14.8. The molecule has 1 amide bonds. The van der Waals surface area contributed by atoms with Gasteiger partial charge < -0.3 is 44.0 Å². The number of rotatable bonds is 8. The number of carbonyl (C=O) groups is 5. The number of ether oxygens (including phenoxy) is 6. The number of Topliss-reactive ketones (excluding diaryl/α,β-unsaturated/α-hetero) is 3. The first kappa shape index (κ1) is 48.8. The van der Waals surface area contributed by atoms with Crippen molar-refractivity contribution < 1.29 is 62.6 Å². The van der Waals surface area contributed by atoms with Crippen molar-refractivity contribution in [3.63, 3.8) is 0 Å². The Labute approximate surface area is 368 Å². The monoisotopic (exact) mass is 878 g/mol. The number of amides is 1. The van der Waals surface area contributed by atoms with E-state index in [0.29, 0.717) is 32.8 Å². The number of nitrogens with zero attached hydrogens (tertiary/aromatic N) is 3. The fourth-order valence-corrected chi connectivity index (χ4v) is 8.69. The number of hydrogen-bond acceptors (Lipinski definition) is 16. The fraction of sp³-hybridized carbons (Fsp3) is 0.565. The number of aliphatic hydroxyl groups excluding tert-OH is 1. The van der Waals surface area contributed by atoms with E-state index in [-0.39, 0.29) is 33.9 Å². The fourth-order valence-electron chi connectivity index (χ4n) is 8.69. The molecule has 1 aromatic rings. The van der Waals surface area contributed by atoms with Crippen molar-refractivity contribution >= 4 is 35.4 Å². The van der Waals surface area contributed by atoms with E-state index < -0.39 is 99.8 Å². The minimum Gasteiger partial charge on any atom is -0.507 e. The Morgan fingerprint density at radius 3 is 2.22 bits per heavy atom. The van der Waals surface area contributed by atoms with E-state index >= 15 is 0 Å². The van der Waals surface area contributed by atoms with Gasteiger partial charge in [0.1, 0.15) is 23.3 Å². The number of aliphatic hydroxyl groups is 1. The highest BCUT2D eigenvalue weighted by molar-refractivity contribution is 6.37. The molecule has 1 fully saturated rings. The molecular formula is C46H62N4O13. The third kappa shape index (κ3) is 10.1. The number of phenols is 1. The summed E-state index contributed by atoms with van der Waals surface area (Å²) in [7, 11) is 4.62. The van der Waals surface area contributed by atoms with Crippen molar-refractivity contribution in [2.45, 2.75) is 85.6 Å². The molecule has 17 heteroatoms. The standard InChI is InChI=1S/C46H62N4O13/c1-24-13-12-14-25(2)45(57)48-36-31(23-47-50-18-16-49(17-19-50)20-22-58-9)39(54)33-34(40(36)55)38(53)29(6)43-35(33)44(56)46(8,63-43)61-21-15-32(59-10)26(3)42(62-30(7)51)28(5)37(52)27(4)41(24)60-11/h12-15,21,23-24,26-28,32,37,41-42,52-53H,16-20,22H2,1-11H3,(H,48,57)/b13-12+,21-15+,25-14-,47-23+/t24-,26+,27-,28+,32-,37+,41-,42+,46-/m0/s1. The van der Waals surface area contributed by atoms with Gasteiger partial charge in [-0.25, -0.2) is 0 Å². The van der Waals surface area contributed by atoms with Crippen LogP contribution >= 0.6 is 0 Å². The minimum absolute atomic E-state index is 0.00621. The molecule has 4 heterocycles. The molecule has 63 heavy (non-hydrogen) atoms. The molecule has 5 aliphatic rings. The molecule has 0 radical (unpaired) electrons. The number of nitrogens with one attached hydrogen (secondary N) is 1. The molecule has 0 aromatic heterocycles. The van der Waals surface area contributed by atoms with Gasteiger partial charge in [-0.2, -0.15) is 5.10 Å². The second-order valence-electron chi connectivity index (χ2n) is 16.8. The van der Waals surface area contributed by atoms with Gasteiger partial charge in [-0.05, 0) is 19.9 Å². The Morgan fingerprint density at radius 1 is 0.937 bits per heavy atom. The van der Waals surface area contributed by atoms with E-state index in [4.69, 9.17) is 28.4 Å². The van der Waals surface area contributed by atoms with E-state index in [9.17, 15) is 34.2 Å². The lowest BCUT2D eigenvalue weighted by molar-refractivity contribution is -0.161. The Balaban J connectivity index is 1.64. The average molecular weight is 879 g/mol. The summed E-state index contributed by atoms with van der Waals surface area (Å²) in [6.45, 7) is 16.5. The van der Waals surface area contributed by atoms with Crippen LogP contribution in [0.25, 0.3) is 0 Å². The summed E-state index contributed by atoms with van der Waals surface area (Å²) in [5, 5.41) is 32.2. The van der Waals surface area contributed by atoms with Gasteiger partial charge in [0.2, 0.25) is 5.78 Å². The zero-order valence-electron chi connectivity index (χ0n) is 38.1. The normalized spacial score (nSPS) is 31.9. The molecular weight excluding hydrogens is 817 g/mol. The number of methoxy groups -OCH3 is 3. The van der Waals surface area contributed by atoms with Gasteiger partial charge in [0.05, 0.1) is 59.7 Å². The number of benzene rings is 1. The number of ketones is 3. The Kier molecular flexibility index (Phi) is 15.9. The molecule has 6 rings (SSSR count). The van der Waals surface area contributed by atoms with Gasteiger partial charge >= 0.3 is 11.8 Å². The Hall–Kier alpha value is -5.20. The lowest BCUT2D eigenvalue weighted by Crippen LogP contribution is -2.47. The van der Waals surface area contributed by atoms with Crippen LogP contribution in [0.15, 0.2) is 52.5 Å². The topological polar surface area (TPSA) is 212 Å². The molecule has 344 valence electrons. The number of hydrazone groups is 1. The van der Waals surface area contributed by atoms with Crippen molar-refractivity contribution in [2.75, 3.05) is 60.7 Å². The number of piperazine rings is 1. The van der Waals surface area contributed by atoms with Crippen molar-refractivity contribution in [2.24, 2.45) is 28.8 Å². The van der Waals surface area contributed by atoms with Gasteiger partial charge in [-0.15, -0.1) is 0 Å². The highest BCUT2D eigenvalue weighted by atomic mass is 16.7. The molecule has 17 nitrogen and oxygen atoms in total. The predicted octanol–water partition coefficient (Wildman–Crippen LogP) is 3.90. The van der Waals surface area contributed by atoms with Crippen LogP contribution in [0, 0.1) is 30.6 Å². The first-order valence-electron chi connectivity index (χ1n) is 21.2. The van der Waals surface area contributed by atoms with E-state index in [1.54, 1.807) is 38.1 Å². The number of fused-ring (bicyclic) bond motifs is 14. The first-order chi connectivity index (χ1) is 29.8. The number of esters is 1. The van der Waals surface area contributed by atoms with Crippen LogP contribution in [0.3, 0.4) is 0 Å². The second kappa shape index (κ2) is 20.5. The SMILES string of the molecule is COCCN1CCN(/N=C/C2=C3NC(=O)/C(C)=C\C=C\[C@H](C)[C@H](OC)[C@@H](C)[C@@H](O)[C@@H](C)[C@H](OC(C)=O)[C@H](C)[C@@H](OC)/C=C/O[C@@]4(C)Oc5c(C)c(O)c(c(c5C4=O)C2=O)C3=O)CC1. The van der Waals surface area contributed by atoms with Gasteiger partial charge in [-0.1, -0.05) is 45.9 Å². The van der Waals surface area contributed by atoms with Crippen LogP contribution in [0.4, 0.5) is 0 Å². The molecule has 0 unspecified atom stereocenters. The van der Waals surface area contributed by atoms with E-state index in [0.717, 1.165) is 6.54 Å². The number of carbonyl (C=O) groups excluding carboxylic acids is 5. The summed E-state index contributed by atoms with van der Waals surface area (Å²) in [5.74, 6) is -8.68. The summed E-state index contributed by atoms with van der Waals surface area (Å²) in [4.78, 5) is 72.3. The molecule has 0 saturated carbocycles. The molecule has 0 spiro atoms. The van der Waals surface area contributed by atoms with Crippen LogP contribution in [-0.2, 0) is 33.3 Å². The highest BCUT2D eigenvalue weighted by Gasteiger charge is 2.52. The molecule has 3 N–H and O–H groups in total. The lowest BCUT2D eigenvalue weighted by atomic mass is 9.78. The summed E-state index contributed by atoms with van der Waals surface area (Å²) >= 11 is 0. The number of hydrogen-bond donors (Lipinski definition) is 3. The molecule has 1 aliphatic carbocycles. The summed E-state index contributed by atoms with van der Waals surface area (Å²) in [6.07, 6.45) is 5.70. The van der Waals surface area contributed by atoms with E-state index in [1.807, 2.05) is 13.8 Å². The van der Waals surface area contributed by atoms with E-state index in [2.05, 4.69) is 15.3 Å². The third-order valence-corrected chi connectivity index (χ3v) is 12.5. The van der Waals surface area contributed by atoms with E-state index in [1.165, 1.54) is 66.5 Å². The van der Waals surface area contributed by atoms with Crippen molar-refractivity contribution in [3.05, 3.63) is 69.7 Å². The zero-order valence-corrected chi connectivity index (χ0v) is 38.1. The van der Waals surface area contributed by atoms with Crippen LogP contribution in [0.2, 0.25) is 0 Å². The molecule has 5 bridgehead atoms. The van der Waals surface area contributed by atoms with Crippen molar-refractivity contribution in [1.29, 1.82) is 0 Å². The van der Waals surface area contributed by atoms with Crippen LogP contribution < -0.4 is 10.1 Å². The number of phenolic OH excluding ortho intramolecular Hbond substituents is 1. The molecule has 1 aromatic carbocycles. The predicted molar refractivity (Wildman–Crippen MR) is 231 cm³/mol. The maximum Gasteiger partial charge on any atom is 0.312 e. The minimum atomic E-state index is -2.09. The summed E-state index contributed by atoms with van der Waals surface area (Å²) in [6, 6.07) is 0. The van der Waals surface area contributed by atoms with Gasteiger partial charge in [0.15, 0.2) is 5.78 Å². The van der Waals surface area contributed by atoms with Crippen molar-refractivity contribution in [1.82, 2.24) is 15.2 Å². The number of aromatic hydroxyl groups is 1. The number of allylic oxidation sites excluding steroid dienone is 4. The maximum atomic E-state index is 14.8. The Morgan fingerprint density at radius 2 is 1.60 bits per heavy atom.